The molecular formula is C16H15N5O2. The third-order valence-corrected chi connectivity index (χ3v) is 3.29. The number of hydrogen-bond acceptors (Lipinski definition) is 5. The number of carbonyl (C=O) groups excluding carboxylic acids is 1. The van der Waals surface area contributed by atoms with Crippen LogP contribution in [0.4, 0.5) is 0 Å². The van der Waals surface area contributed by atoms with E-state index in [9.17, 15) is 4.79 Å². The molecule has 1 aromatic heterocycles. The van der Waals surface area contributed by atoms with Gasteiger partial charge in [0.2, 0.25) is 0 Å². The van der Waals surface area contributed by atoms with Crippen LogP contribution in [0.5, 0.6) is 5.75 Å². The van der Waals surface area contributed by atoms with Crippen molar-refractivity contribution < 1.29 is 9.53 Å². The molecule has 0 bridgehead atoms. The van der Waals surface area contributed by atoms with E-state index in [1.165, 1.54) is 0 Å². The first-order valence-corrected chi connectivity index (χ1v) is 7.03. The fourth-order valence-electron chi connectivity index (χ4n) is 2.09. The summed E-state index contributed by atoms with van der Waals surface area (Å²) in [7, 11) is 1.61. The summed E-state index contributed by atoms with van der Waals surface area (Å²) < 4.78 is 6.70. The van der Waals surface area contributed by atoms with E-state index in [-0.39, 0.29) is 12.5 Å². The number of nitrogens with one attached hydrogen (secondary N) is 1. The average molecular weight is 309 g/mol. The van der Waals surface area contributed by atoms with Crippen LogP contribution in [0.3, 0.4) is 0 Å². The number of carbonyl (C=O) groups is 1. The van der Waals surface area contributed by atoms with Crippen molar-refractivity contribution in [3.63, 3.8) is 0 Å². The van der Waals surface area contributed by atoms with Gasteiger partial charge >= 0.3 is 0 Å². The van der Waals surface area contributed by atoms with E-state index in [2.05, 4.69) is 20.8 Å². The van der Waals surface area contributed by atoms with Crippen LogP contribution in [0, 0.1) is 0 Å². The minimum absolute atomic E-state index is 0.171. The number of ether oxygens (including phenoxy) is 1. The van der Waals surface area contributed by atoms with E-state index in [4.69, 9.17) is 4.74 Å². The third kappa shape index (κ3) is 3.34. The topological polar surface area (TPSA) is 81.9 Å². The molecule has 2 aromatic carbocycles. The zero-order valence-corrected chi connectivity index (χ0v) is 12.5. The maximum Gasteiger partial charge on any atom is 0.251 e. The van der Waals surface area contributed by atoms with Gasteiger partial charge in [0.05, 0.1) is 19.3 Å². The second kappa shape index (κ2) is 6.69. The van der Waals surface area contributed by atoms with E-state index in [1.54, 1.807) is 23.9 Å². The number of benzene rings is 2. The van der Waals surface area contributed by atoms with Crippen molar-refractivity contribution in [3.05, 3.63) is 66.0 Å². The number of tetrazole rings is 1. The zero-order chi connectivity index (χ0) is 16.1. The molecule has 23 heavy (non-hydrogen) atoms. The Kier molecular flexibility index (Phi) is 4.28. The van der Waals surface area contributed by atoms with Crippen LogP contribution in [-0.4, -0.2) is 33.2 Å². The van der Waals surface area contributed by atoms with E-state index in [0.29, 0.717) is 11.4 Å². The van der Waals surface area contributed by atoms with Crippen LogP contribution in [0.25, 0.3) is 5.69 Å². The van der Waals surface area contributed by atoms with Crippen molar-refractivity contribution >= 4 is 5.91 Å². The van der Waals surface area contributed by atoms with Crippen molar-refractivity contribution in [2.75, 3.05) is 7.11 Å². The second-order valence-corrected chi connectivity index (χ2v) is 4.75. The van der Waals surface area contributed by atoms with Crippen molar-refractivity contribution in [1.82, 2.24) is 25.5 Å². The van der Waals surface area contributed by atoms with Crippen molar-refractivity contribution in [1.29, 1.82) is 0 Å². The molecule has 0 fully saturated rings. The summed E-state index contributed by atoms with van der Waals surface area (Å²) in [5.74, 6) is 1.12. The van der Waals surface area contributed by atoms with Gasteiger partial charge in [-0.15, -0.1) is 5.10 Å². The maximum absolute atomic E-state index is 12.1. The molecule has 0 saturated heterocycles. The first-order valence-electron chi connectivity index (χ1n) is 7.03. The van der Waals surface area contributed by atoms with Crippen LogP contribution in [0.1, 0.15) is 16.2 Å². The van der Waals surface area contributed by atoms with Crippen molar-refractivity contribution in [2.24, 2.45) is 0 Å². The predicted octanol–water partition coefficient (Wildman–Crippen LogP) is 1.60. The number of nitrogens with zero attached hydrogens (tertiary/aromatic N) is 4. The Hall–Kier alpha value is -3.22. The molecule has 1 heterocycles. The van der Waals surface area contributed by atoms with Gasteiger partial charge in [-0.2, -0.15) is 4.68 Å². The fourth-order valence-corrected chi connectivity index (χ4v) is 2.09. The van der Waals surface area contributed by atoms with Gasteiger partial charge in [0, 0.05) is 5.56 Å². The lowest BCUT2D eigenvalue weighted by Gasteiger charge is -2.07. The molecule has 0 aliphatic carbocycles. The first-order chi connectivity index (χ1) is 11.3. The standard InChI is InChI=1S/C16H15N5O2/c1-23-14-9-7-13(8-10-14)21-15(18-19-20-21)11-17-16(22)12-5-3-2-4-6-12/h2-10H,11H2,1H3,(H,17,22). The molecule has 7 nitrogen and oxygen atoms in total. The highest BCUT2D eigenvalue weighted by molar-refractivity contribution is 5.93. The number of hydrogen-bond donors (Lipinski definition) is 1. The van der Waals surface area contributed by atoms with Gasteiger partial charge in [0.1, 0.15) is 5.75 Å². The number of amides is 1. The minimum atomic E-state index is -0.171. The molecular weight excluding hydrogens is 294 g/mol. The Balaban J connectivity index is 1.72. The molecule has 0 aliphatic rings. The number of methoxy groups -OCH3 is 1. The second-order valence-electron chi connectivity index (χ2n) is 4.75. The van der Waals surface area contributed by atoms with E-state index >= 15 is 0 Å². The largest absolute Gasteiger partial charge is 0.497 e. The Labute approximate surface area is 132 Å². The molecule has 0 atom stereocenters. The molecule has 1 amide bonds. The molecule has 3 aromatic rings. The van der Waals surface area contributed by atoms with Gasteiger partial charge in [0.15, 0.2) is 5.82 Å². The van der Waals surface area contributed by atoms with E-state index < -0.39 is 0 Å². The Morgan fingerprint density at radius 2 is 1.87 bits per heavy atom. The Bertz CT molecular complexity index is 784. The van der Waals surface area contributed by atoms with Crippen LogP contribution in [0.15, 0.2) is 54.6 Å². The lowest BCUT2D eigenvalue weighted by atomic mass is 10.2. The zero-order valence-electron chi connectivity index (χ0n) is 12.5. The van der Waals surface area contributed by atoms with E-state index in [1.807, 2.05) is 42.5 Å². The van der Waals surface area contributed by atoms with Crippen LogP contribution < -0.4 is 10.1 Å². The van der Waals surface area contributed by atoms with Crippen LogP contribution in [-0.2, 0) is 6.54 Å². The molecule has 7 heteroatoms. The molecule has 0 aliphatic heterocycles. The summed E-state index contributed by atoms with van der Waals surface area (Å²) in [6.45, 7) is 0.229. The smallest absolute Gasteiger partial charge is 0.251 e. The summed E-state index contributed by atoms with van der Waals surface area (Å²) in [5, 5.41) is 14.4. The Morgan fingerprint density at radius 3 is 2.57 bits per heavy atom. The highest BCUT2D eigenvalue weighted by Gasteiger charge is 2.11. The normalized spacial score (nSPS) is 10.3. The minimum Gasteiger partial charge on any atom is -0.497 e. The predicted molar refractivity (Wildman–Crippen MR) is 83.3 cm³/mol. The SMILES string of the molecule is COc1ccc(-n2nnnc2CNC(=O)c2ccccc2)cc1. The lowest BCUT2D eigenvalue weighted by Crippen LogP contribution is -2.24. The first kappa shape index (κ1) is 14.7. The van der Waals surface area contributed by atoms with E-state index in [0.717, 1.165) is 11.4 Å². The lowest BCUT2D eigenvalue weighted by molar-refractivity contribution is 0.0949. The summed E-state index contributed by atoms with van der Waals surface area (Å²) in [6, 6.07) is 16.3. The van der Waals surface area contributed by atoms with Gasteiger partial charge in [0.25, 0.3) is 5.91 Å². The summed E-state index contributed by atoms with van der Waals surface area (Å²) in [6.07, 6.45) is 0. The number of aromatic nitrogens is 4. The summed E-state index contributed by atoms with van der Waals surface area (Å²) in [4.78, 5) is 12.1. The quantitative estimate of drug-likeness (QED) is 0.774. The van der Waals surface area contributed by atoms with Crippen molar-refractivity contribution in [3.8, 4) is 11.4 Å². The molecule has 0 radical (unpaired) electrons. The summed E-state index contributed by atoms with van der Waals surface area (Å²) >= 11 is 0. The molecule has 1 N–H and O–H groups in total. The third-order valence-electron chi connectivity index (χ3n) is 3.29. The molecule has 0 spiro atoms. The van der Waals surface area contributed by atoms with Crippen molar-refractivity contribution in [2.45, 2.75) is 6.54 Å². The molecule has 0 unspecified atom stereocenters. The van der Waals surface area contributed by atoms with Gasteiger partial charge in [-0.25, -0.2) is 0 Å². The Morgan fingerprint density at radius 1 is 1.13 bits per heavy atom. The van der Waals surface area contributed by atoms with Crippen LogP contribution in [0.2, 0.25) is 0 Å². The fraction of sp³-hybridized carbons (Fsp3) is 0.125. The number of rotatable bonds is 5. The van der Waals surface area contributed by atoms with Gasteiger partial charge < -0.3 is 10.1 Å². The van der Waals surface area contributed by atoms with Gasteiger partial charge in [-0.05, 0) is 46.8 Å². The molecule has 116 valence electrons. The van der Waals surface area contributed by atoms with Gasteiger partial charge in [-0.3, -0.25) is 4.79 Å². The summed E-state index contributed by atoms with van der Waals surface area (Å²) in [5.41, 5.74) is 1.38. The highest BCUT2D eigenvalue weighted by Crippen LogP contribution is 2.14. The monoisotopic (exact) mass is 309 g/mol. The van der Waals surface area contributed by atoms with Gasteiger partial charge in [-0.1, -0.05) is 18.2 Å². The average Bonchev–Trinajstić information content (AvgIpc) is 3.09. The maximum atomic E-state index is 12.1. The molecule has 3 rings (SSSR count). The molecule has 0 saturated carbocycles. The highest BCUT2D eigenvalue weighted by atomic mass is 16.5. The van der Waals surface area contributed by atoms with Crippen LogP contribution >= 0.6 is 0 Å².